The molecule has 0 aliphatic rings. The molecule has 26 heavy (non-hydrogen) atoms. The Balaban J connectivity index is 1.44. The van der Waals surface area contributed by atoms with E-state index in [4.69, 9.17) is 4.42 Å². The highest BCUT2D eigenvalue weighted by Gasteiger charge is 2.08. The highest BCUT2D eigenvalue weighted by Crippen LogP contribution is 2.24. The Labute approximate surface area is 159 Å². The van der Waals surface area contributed by atoms with Gasteiger partial charge in [0.15, 0.2) is 5.58 Å². The third-order valence-corrected chi connectivity index (χ3v) is 4.58. The summed E-state index contributed by atoms with van der Waals surface area (Å²) in [6.07, 6.45) is 0. The smallest absolute Gasteiger partial charge is 0.251 e. The first-order valence-corrected chi connectivity index (χ1v) is 8.97. The lowest BCUT2D eigenvalue weighted by molar-refractivity contribution is 0.0951. The highest BCUT2D eigenvalue weighted by atomic mass is 79.9. The average molecular weight is 407 g/mol. The van der Waals surface area contributed by atoms with Crippen molar-refractivity contribution >= 4 is 32.9 Å². The molecule has 0 saturated carbocycles. The predicted molar refractivity (Wildman–Crippen MR) is 105 cm³/mol. The number of hydrogen-bond acceptors (Lipinski definition) is 3. The monoisotopic (exact) mass is 406 g/mol. The number of aromatic nitrogens is 1. The van der Waals surface area contributed by atoms with E-state index in [0.717, 1.165) is 26.7 Å². The molecule has 1 aromatic heterocycles. The Hall–Kier alpha value is -2.92. The van der Waals surface area contributed by atoms with Crippen molar-refractivity contribution in [3.63, 3.8) is 0 Å². The van der Waals surface area contributed by atoms with Crippen LogP contribution in [0.15, 0.2) is 81.7 Å². The molecule has 1 N–H and O–H groups in total. The normalized spacial score (nSPS) is 10.8. The first-order chi connectivity index (χ1) is 12.7. The second kappa shape index (κ2) is 7.14. The van der Waals surface area contributed by atoms with Crippen molar-refractivity contribution in [2.75, 3.05) is 0 Å². The maximum atomic E-state index is 12.2. The molecule has 0 aliphatic carbocycles. The van der Waals surface area contributed by atoms with E-state index in [9.17, 15) is 4.79 Å². The molecule has 4 aromatic rings. The molecule has 0 saturated heterocycles. The minimum atomic E-state index is -0.0967. The Morgan fingerprint density at radius 3 is 2.42 bits per heavy atom. The van der Waals surface area contributed by atoms with Crippen LogP contribution in [0.3, 0.4) is 0 Å². The second-order valence-corrected chi connectivity index (χ2v) is 6.79. The number of carbonyl (C=O) groups is 1. The predicted octanol–water partition coefficient (Wildman–Crippen LogP) is 5.19. The topological polar surface area (TPSA) is 55.1 Å². The van der Waals surface area contributed by atoms with Crippen molar-refractivity contribution in [3.8, 4) is 11.5 Å². The summed E-state index contributed by atoms with van der Waals surface area (Å²) in [5, 5.41) is 2.92. The van der Waals surface area contributed by atoms with Crippen LogP contribution in [0.1, 0.15) is 15.9 Å². The number of carbonyl (C=O) groups excluding carboxylic acids is 1. The fourth-order valence-corrected chi connectivity index (χ4v) is 2.91. The van der Waals surface area contributed by atoms with Crippen LogP contribution in [0.2, 0.25) is 0 Å². The molecule has 0 radical (unpaired) electrons. The van der Waals surface area contributed by atoms with E-state index < -0.39 is 0 Å². The number of hydrogen-bond donors (Lipinski definition) is 1. The lowest BCUT2D eigenvalue weighted by atomic mass is 10.1. The zero-order valence-corrected chi connectivity index (χ0v) is 15.4. The molecule has 3 aromatic carbocycles. The lowest BCUT2D eigenvalue weighted by Gasteiger charge is -2.06. The summed E-state index contributed by atoms with van der Waals surface area (Å²) in [5.41, 5.74) is 4.16. The van der Waals surface area contributed by atoms with E-state index >= 15 is 0 Å². The maximum absolute atomic E-state index is 12.2. The fourth-order valence-electron chi connectivity index (χ4n) is 2.65. The number of halogens is 1. The number of nitrogens with zero attached hydrogens (tertiary/aromatic N) is 1. The maximum Gasteiger partial charge on any atom is 0.251 e. The van der Waals surface area contributed by atoms with Gasteiger partial charge in [-0.2, -0.15) is 0 Å². The van der Waals surface area contributed by atoms with Gasteiger partial charge in [-0.15, -0.1) is 0 Å². The van der Waals surface area contributed by atoms with Gasteiger partial charge in [0.2, 0.25) is 5.89 Å². The molecule has 0 spiro atoms. The first kappa shape index (κ1) is 16.5. The van der Waals surface area contributed by atoms with Crippen molar-refractivity contribution in [2.45, 2.75) is 6.54 Å². The number of fused-ring (bicyclic) bond motifs is 1. The van der Waals surface area contributed by atoms with E-state index in [2.05, 4.69) is 26.2 Å². The van der Waals surface area contributed by atoms with Gasteiger partial charge >= 0.3 is 0 Å². The van der Waals surface area contributed by atoms with Gasteiger partial charge < -0.3 is 9.73 Å². The zero-order valence-electron chi connectivity index (χ0n) is 13.8. The van der Waals surface area contributed by atoms with Gasteiger partial charge in [-0.05, 0) is 54.1 Å². The molecular formula is C21H15BrN2O2. The summed E-state index contributed by atoms with van der Waals surface area (Å²) in [6.45, 7) is 0.461. The molecule has 0 fully saturated rings. The van der Waals surface area contributed by atoms with Crippen LogP contribution in [0.4, 0.5) is 0 Å². The Morgan fingerprint density at radius 1 is 0.962 bits per heavy atom. The van der Waals surface area contributed by atoms with E-state index in [1.807, 2.05) is 60.7 Å². The minimum absolute atomic E-state index is 0.0967. The van der Waals surface area contributed by atoms with Gasteiger partial charge in [-0.25, -0.2) is 4.98 Å². The molecule has 4 rings (SSSR count). The van der Waals surface area contributed by atoms with Gasteiger partial charge in [0.05, 0.1) is 0 Å². The van der Waals surface area contributed by atoms with E-state index in [1.165, 1.54) is 0 Å². The van der Waals surface area contributed by atoms with Gasteiger partial charge in [-0.1, -0.05) is 40.2 Å². The van der Waals surface area contributed by atoms with Crippen LogP contribution < -0.4 is 5.32 Å². The van der Waals surface area contributed by atoms with Crippen LogP contribution in [0.5, 0.6) is 0 Å². The van der Waals surface area contributed by atoms with Crippen LogP contribution in [0.25, 0.3) is 22.6 Å². The summed E-state index contributed by atoms with van der Waals surface area (Å²) in [7, 11) is 0. The summed E-state index contributed by atoms with van der Waals surface area (Å²) >= 11 is 3.36. The molecule has 0 aliphatic heterocycles. The number of rotatable bonds is 4. The third kappa shape index (κ3) is 3.53. The van der Waals surface area contributed by atoms with E-state index in [0.29, 0.717) is 18.0 Å². The van der Waals surface area contributed by atoms with Crippen molar-refractivity contribution in [1.29, 1.82) is 0 Å². The summed E-state index contributed by atoms with van der Waals surface area (Å²) in [5.74, 6) is 0.497. The van der Waals surface area contributed by atoms with Crippen molar-refractivity contribution in [2.24, 2.45) is 0 Å². The van der Waals surface area contributed by atoms with Crippen LogP contribution in [-0.4, -0.2) is 10.9 Å². The largest absolute Gasteiger partial charge is 0.436 e. The number of benzene rings is 3. The van der Waals surface area contributed by atoms with Crippen molar-refractivity contribution in [3.05, 3.63) is 88.4 Å². The van der Waals surface area contributed by atoms with Crippen LogP contribution in [0, 0.1) is 0 Å². The van der Waals surface area contributed by atoms with Gasteiger partial charge in [0, 0.05) is 22.1 Å². The Bertz CT molecular complexity index is 1020. The van der Waals surface area contributed by atoms with Crippen molar-refractivity contribution < 1.29 is 9.21 Å². The molecule has 1 heterocycles. The molecule has 4 nitrogen and oxygen atoms in total. The number of nitrogens with one attached hydrogen (secondary N) is 1. The SMILES string of the molecule is O=C(NCc1ccc(-c2nc3ccccc3o2)cc1)c1ccc(Br)cc1. The molecule has 128 valence electrons. The Morgan fingerprint density at radius 2 is 1.69 bits per heavy atom. The zero-order chi connectivity index (χ0) is 17.9. The Kier molecular flexibility index (Phi) is 4.54. The average Bonchev–Trinajstić information content (AvgIpc) is 3.11. The molecule has 1 amide bonds. The van der Waals surface area contributed by atoms with Gasteiger partial charge in [0.25, 0.3) is 5.91 Å². The molecule has 0 unspecified atom stereocenters. The van der Waals surface area contributed by atoms with E-state index in [1.54, 1.807) is 12.1 Å². The summed E-state index contributed by atoms with van der Waals surface area (Å²) in [6, 6.07) is 22.8. The number of oxazole rings is 1. The van der Waals surface area contributed by atoms with Crippen molar-refractivity contribution in [1.82, 2.24) is 10.3 Å². The molecule has 0 atom stereocenters. The number of amides is 1. The molecule has 5 heteroatoms. The summed E-state index contributed by atoms with van der Waals surface area (Å²) in [4.78, 5) is 16.7. The van der Waals surface area contributed by atoms with E-state index in [-0.39, 0.29) is 5.91 Å². The lowest BCUT2D eigenvalue weighted by Crippen LogP contribution is -2.22. The molecular weight excluding hydrogens is 392 g/mol. The first-order valence-electron chi connectivity index (χ1n) is 8.18. The van der Waals surface area contributed by atoms with Crippen LogP contribution >= 0.6 is 15.9 Å². The summed E-state index contributed by atoms with van der Waals surface area (Å²) < 4.78 is 6.72. The minimum Gasteiger partial charge on any atom is -0.436 e. The van der Waals surface area contributed by atoms with Gasteiger partial charge in [-0.3, -0.25) is 4.79 Å². The molecule has 0 bridgehead atoms. The quantitative estimate of drug-likeness (QED) is 0.507. The van der Waals surface area contributed by atoms with Gasteiger partial charge in [0.1, 0.15) is 5.52 Å². The second-order valence-electron chi connectivity index (χ2n) is 5.87. The standard InChI is InChI=1S/C21H15BrN2O2/c22-17-11-9-15(10-12-17)20(25)23-13-14-5-7-16(8-6-14)21-24-18-3-1-2-4-19(18)26-21/h1-12H,13H2,(H,23,25). The highest BCUT2D eigenvalue weighted by molar-refractivity contribution is 9.10. The fraction of sp³-hybridized carbons (Fsp3) is 0.0476. The number of para-hydroxylation sites is 2. The van der Waals surface area contributed by atoms with Crippen LogP contribution in [-0.2, 0) is 6.54 Å². The third-order valence-electron chi connectivity index (χ3n) is 4.05.